The molecule has 5 heteroatoms. The summed E-state index contributed by atoms with van der Waals surface area (Å²) in [6.45, 7) is 2.36. The maximum Gasteiger partial charge on any atom is 0.254 e. The Morgan fingerprint density at radius 2 is 1.77 bits per heavy atom. The van der Waals surface area contributed by atoms with E-state index in [4.69, 9.17) is 0 Å². The fraction of sp³-hybridized carbons (Fsp3) is 0.440. The van der Waals surface area contributed by atoms with Crippen LogP contribution >= 0.6 is 11.8 Å². The number of carbonyl (C=O) groups excluding carboxylic acids is 2. The Bertz CT molecular complexity index is 868. The summed E-state index contributed by atoms with van der Waals surface area (Å²) in [4.78, 5) is 31.2. The Kier molecular flexibility index (Phi) is 6.78. The van der Waals surface area contributed by atoms with Gasteiger partial charge in [0.05, 0.1) is 0 Å². The van der Waals surface area contributed by atoms with Crippen LogP contribution in [0, 0.1) is 5.92 Å². The summed E-state index contributed by atoms with van der Waals surface area (Å²) in [6.07, 6.45) is 6.40. The summed E-state index contributed by atoms with van der Waals surface area (Å²) in [5.74, 6) is 0.775. The molecule has 2 aromatic rings. The zero-order valence-corrected chi connectivity index (χ0v) is 18.4. The van der Waals surface area contributed by atoms with Crippen LogP contribution in [0.15, 0.2) is 59.5 Å². The van der Waals surface area contributed by atoms with Crippen LogP contribution in [-0.2, 0) is 11.2 Å². The van der Waals surface area contributed by atoms with E-state index in [1.165, 1.54) is 10.5 Å². The highest BCUT2D eigenvalue weighted by Crippen LogP contribution is 2.32. The van der Waals surface area contributed by atoms with Gasteiger partial charge >= 0.3 is 0 Å². The van der Waals surface area contributed by atoms with Crippen molar-refractivity contribution in [3.05, 3.63) is 65.7 Å². The number of amides is 2. The van der Waals surface area contributed by atoms with Gasteiger partial charge in [0.25, 0.3) is 5.91 Å². The highest BCUT2D eigenvalue weighted by Gasteiger charge is 2.39. The van der Waals surface area contributed by atoms with Crippen LogP contribution in [0.5, 0.6) is 0 Å². The van der Waals surface area contributed by atoms with Gasteiger partial charge in [-0.3, -0.25) is 9.59 Å². The lowest BCUT2D eigenvalue weighted by molar-refractivity contribution is -0.134. The number of rotatable bonds is 5. The second-order valence-corrected chi connectivity index (χ2v) is 9.19. The van der Waals surface area contributed by atoms with Gasteiger partial charge in [0.1, 0.15) is 0 Å². The number of piperidine rings is 2. The van der Waals surface area contributed by atoms with E-state index in [2.05, 4.69) is 17.0 Å². The molecular weight excluding hydrogens is 392 g/mol. The lowest BCUT2D eigenvalue weighted by Gasteiger charge is -2.47. The van der Waals surface area contributed by atoms with E-state index >= 15 is 0 Å². The molecule has 0 aromatic heterocycles. The predicted octanol–water partition coefficient (Wildman–Crippen LogP) is 4.49. The number of thioether (sulfide) groups is 1. The lowest BCUT2D eigenvalue weighted by atomic mass is 9.83. The number of benzene rings is 2. The quantitative estimate of drug-likeness (QED) is 0.667. The van der Waals surface area contributed by atoms with Gasteiger partial charge in [-0.2, -0.15) is 0 Å². The van der Waals surface area contributed by atoms with Gasteiger partial charge in [0.15, 0.2) is 0 Å². The minimum atomic E-state index is 0.140. The van der Waals surface area contributed by atoms with E-state index < -0.39 is 0 Å². The van der Waals surface area contributed by atoms with Gasteiger partial charge in [-0.15, -0.1) is 11.8 Å². The molecule has 2 aromatic carbocycles. The molecule has 4 nitrogen and oxygen atoms in total. The summed E-state index contributed by atoms with van der Waals surface area (Å²) in [6, 6.07) is 18.4. The average molecular weight is 423 g/mol. The second kappa shape index (κ2) is 9.69. The molecule has 2 amide bonds. The monoisotopic (exact) mass is 422 g/mol. The Morgan fingerprint density at radius 1 is 1.00 bits per heavy atom. The SMILES string of the molecule is CSc1ccc(C(=O)N2CCC[C@@H]3CN(C(=O)CCc4ccccc4)CC[C@H]32)cc1. The van der Waals surface area contributed by atoms with Crippen LogP contribution < -0.4 is 0 Å². The van der Waals surface area contributed by atoms with Crippen LogP contribution in [0.3, 0.4) is 0 Å². The minimum absolute atomic E-state index is 0.140. The van der Waals surface area contributed by atoms with E-state index in [-0.39, 0.29) is 17.9 Å². The van der Waals surface area contributed by atoms with Crippen molar-refractivity contribution < 1.29 is 9.59 Å². The van der Waals surface area contributed by atoms with Gasteiger partial charge < -0.3 is 9.80 Å². The number of aryl methyl sites for hydroxylation is 1. The van der Waals surface area contributed by atoms with E-state index in [1.54, 1.807) is 11.8 Å². The van der Waals surface area contributed by atoms with Crippen molar-refractivity contribution in [2.75, 3.05) is 25.9 Å². The van der Waals surface area contributed by atoms with Crippen molar-refractivity contribution in [2.24, 2.45) is 5.92 Å². The Morgan fingerprint density at radius 3 is 2.50 bits per heavy atom. The smallest absolute Gasteiger partial charge is 0.254 e. The van der Waals surface area contributed by atoms with Gasteiger partial charge in [0, 0.05) is 42.6 Å². The van der Waals surface area contributed by atoms with Crippen LogP contribution in [0.2, 0.25) is 0 Å². The number of hydrogen-bond donors (Lipinski definition) is 0. The van der Waals surface area contributed by atoms with E-state index in [0.717, 1.165) is 50.9 Å². The zero-order valence-electron chi connectivity index (χ0n) is 17.6. The molecule has 0 radical (unpaired) electrons. The zero-order chi connectivity index (χ0) is 20.9. The Labute approximate surface area is 183 Å². The van der Waals surface area contributed by atoms with Crippen LogP contribution in [-0.4, -0.2) is 53.5 Å². The molecule has 0 N–H and O–H groups in total. The first-order chi connectivity index (χ1) is 14.7. The summed E-state index contributed by atoms with van der Waals surface area (Å²) < 4.78 is 0. The van der Waals surface area contributed by atoms with Crippen LogP contribution in [0.4, 0.5) is 0 Å². The second-order valence-electron chi connectivity index (χ2n) is 8.31. The number of nitrogens with zero attached hydrogens (tertiary/aromatic N) is 2. The van der Waals surface area contributed by atoms with Crippen LogP contribution in [0.25, 0.3) is 0 Å². The summed E-state index contributed by atoms with van der Waals surface area (Å²) in [5.41, 5.74) is 1.98. The Hall–Kier alpha value is -2.27. The molecule has 2 heterocycles. The third kappa shape index (κ3) is 4.72. The fourth-order valence-electron chi connectivity index (χ4n) is 4.84. The van der Waals surface area contributed by atoms with Crippen molar-refractivity contribution in [3.63, 3.8) is 0 Å². The number of carbonyl (C=O) groups is 2. The molecule has 2 fully saturated rings. The molecule has 2 saturated heterocycles. The molecule has 0 unspecified atom stereocenters. The average Bonchev–Trinajstić information content (AvgIpc) is 2.82. The third-order valence-electron chi connectivity index (χ3n) is 6.49. The highest BCUT2D eigenvalue weighted by molar-refractivity contribution is 7.98. The van der Waals surface area contributed by atoms with Gasteiger partial charge in [-0.25, -0.2) is 0 Å². The predicted molar refractivity (Wildman–Crippen MR) is 122 cm³/mol. The van der Waals surface area contributed by atoms with Crippen molar-refractivity contribution in [1.29, 1.82) is 0 Å². The standard InChI is InChI=1S/C25H30N2O2S/c1-30-22-12-10-20(11-13-22)25(29)27-16-5-8-21-18-26(17-15-23(21)27)24(28)14-9-19-6-3-2-4-7-19/h2-4,6-7,10-13,21,23H,5,8-9,14-18H2,1H3/t21-,23-/m1/s1. The number of fused-ring (bicyclic) bond motifs is 1. The van der Waals surface area contributed by atoms with Crippen molar-refractivity contribution in [1.82, 2.24) is 9.80 Å². The number of likely N-dealkylation sites (tertiary alicyclic amines) is 2. The van der Waals surface area contributed by atoms with Crippen molar-refractivity contribution >= 4 is 23.6 Å². The maximum atomic E-state index is 13.2. The fourth-order valence-corrected chi connectivity index (χ4v) is 5.24. The van der Waals surface area contributed by atoms with E-state index in [0.29, 0.717) is 12.3 Å². The molecule has 0 saturated carbocycles. The molecule has 158 valence electrons. The summed E-state index contributed by atoms with van der Waals surface area (Å²) in [5, 5.41) is 0. The van der Waals surface area contributed by atoms with Gasteiger partial charge in [0.2, 0.25) is 5.91 Å². The minimum Gasteiger partial charge on any atom is -0.342 e. The molecular formula is C25H30N2O2S. The molecule has 0 spiro atoms. The van der Waals surface area contributed by atoms with Crippen molar-refractivity contribution in [3.8, 4) is 0 Å². The molecule has 2 atom stereocenters. The summed E-state index contributed by atoms with van der Waals surface area (Å²) >= 11 is 1.69. The Balaban J connectivity index is 1.36. The molecule has 2 aliphatic heterocycles. The molecule has 2 aliphatic rings. The maximum absolute atomic E-state index is 13.2. The van der Waals surface area contributed by atoms with Crippen LogP contribution in [0.1, 0.15) is 41.6 Å². The normalized spacial score (nSPS) is 21.2. The van der Waals surface area contributed by atoms with Crippen molar-refractivity contribution in [2.45, 2.75) is 43.0 Å². The first kappa shape index (κ1) is 21.0. The van der Waals surface area contributed by atoms with E-state index in [9.17, 15) is 9.59 Å². The van der Waals surface area contributed by atoms with Gasteiger partial charge in [-0.05, 0) is 67.7 Å². The number of hydrogen-bond acceptors (Lipinski definition) is 3. The first-order valence-electron chi connectivity index (χ1n) is 10.9. The molecule has 4 rings (SSSR count). The first-order valence-corrected chi connectivity index (χ1v) is 12.1. The van der Waals surface area contributed by atoms with Gasteiger partial charge in [-0.1, -0.05) is 30.3 Å². The molecule has 0 bridgehead atoms. The third-order valence-corrected chi connectivity index (χ3v) is 7.23. The largest absolute Gasteiger partial charge is 0.342 e. The highest BCUT2D eigenvalue weighted by atomic mass is 32.2. The van der Waals surface area contributed by atoms with E-state index in [1.807, 2.05) is 53.6 Å². The molecule has 30 heavy (non-hydrogen) atoms. The topological polar surface area (TPSA) is 40.6 Å². The lowest BCUT2D eigenvalue weighted by Crippen LogP contribution is -2.56. The molecule has 0 aliphatic carbocycles. The summed E-state index contributed by atoms with van der Waals surface area (Å²) in [7, 11) is 0.